The van der Waals surface area contributed by atoms with Crippen LogP contribution in [0.15, 0.2) is 18.2 Å². The molecule has 2 aromatic carbocycles. The Morgan fingerprint density at radius 1 is 1.16 bits per heavy atom. The van der Waals surface area contributed by atoms with Gasteiger partial charge in [0.1, 0.15) is 22.8 Å². The monoisotopic (exact) mass is 525 g/mol. The summed E-state index contributed by atoms with van der Waals surface area (Å²) in [5.41, 5.74) is 3.73. The summed E-state index contributed by atoms with van der Waals surface area (Å²) >= 11 is 0. The molecule has 0 amide bonds. The number of hydrogen-bond acceptors (Lipinski definition) is 10. The number of benzene rings is 2. The highest BCUT2D eigenvalue weighted by atomic mass is 16.5. The number of hydrogen-bond donors (Lipinski definition) is 5. The lowest BCUT2D eigenvalue weighted by Crippen LogP contribution is -2.52. The molecule has 0 spiro atoms. The van der Waals surface area contributed by atoms with Crippen molar-refractivity contribution < 1.29 is 44.3 Å². The first-order valence-corrected chi connectivity index (χ1v) is 12.6. The van der Waals surface area contributed by atoms with Crippen LogP contribution in [0.2, 0.25) is 0 Å². The van der Waals surface area contributed by atoms with E-state index in [0.717, 1.165) is 0 Å². The van der Waals surface area contributed by atoms with Crippen molar-refractivity contribution >= 4 is 17.3 Å². The number of nitrogens with two attached hydrogens (primary N) is 1. The van der Waals surface area contributed by atoms with Gasteiger partial charge in [-0.15, -0.1) is 0 Å². The molecule has 2 unspecified atom stereocenters. The summed E-state index contributed by atoms with van der Waals surface area (Å²) in [4.78, 5) is 39.7. The number of fused-ring (bicyclic) bond motifs is 3. The fourth-order valence-corrected chi connectivity index (χ4v) is 6.28. The molecular formula is C28H31NO9. The van der Waals surface area contributed by atoms with E-state index in [1.807, 2.05) is 0 Å². The van der Waals surface area contributed by atoms with Gasteiger partial charge in [0.05, 0.1) is 42.1 Å². The van der Waals surface area contributed by atoms with E-state index >= 15 is 0 Å². The Morgan fingerprint density at radius 2 is 1.84 bits per heavy atom. The molecule has 0 bridgehead atoms. The van der Waals surface area contributed by atoms with Crippen molar-refractivity contribution in [3.63, 3.8) is 0 Å². The summed E-state index contributed by atoms with van der Waals surface area (Å²) in [6, 6.07) is 3.94. The van der Waals surface area contributed by atoms with Crippen molar-refractivity contribution in [1.29, 1.82) is 0 Å². The molecule has 1 fully saturated rings. The van der Waals surface area contributed by atoms with Crippen LogP contribution >= 0.6 is 0 Å². The van der Waals surface area contributed by atoms with Gasteiger partial charge in [-0.25, -0.2) is 0 Å². The molecule has 0 aromatic heterocycles. The molecule has 6 atom stereocenters. The number of ether oxygens (including phenoxy) is 2. The van der Waals surface area contributed by atoms with Gasteiger partial charge in [0.15, 0.2) is 11.6 Å². The number of ketones is 3. The van der Waals surface area contributed by atoms with Crippen LogP contribution in [0.4, 0.5) is 0 Å². The Balaban J connectivity index is 1.68. The van der Waals surface area contributed by atoms with Crippen molar-refractivity contribution in [3.05, 3.63) is 51.6 Å². The molecule has 10 nitrogen and oxygen atoms in total. The number of aliphatic hydroxyl groups is 2. The first-order chi connectivity index (χ1) is 17.9. The Labute approximate surface area is 219 Å². The Bertz CT molecular complexity index is 1360. The van der Waals surface area contributed by atoms with Crippen LogP contribution in [0.5, 0.6) is 17.2 Å². The predicted octanol–water partition coefficient (Wildman–Crippen LogP) is 1.49. The van der Waals surface area contributed by atoms with Crippen LogP contribution in [0.3, 0.4) is 0 Å². The Morgan fingerprint density at radius 3 is 2.47 bits per heavy atom. The van der Waals surface area contributed by atoms with Crippen LogP contribution in [0, 0.1) is 0 Å². The first kappa shape index (κ1) is 26.3. The maximum Gasteiger partial charge on any atom is 0.202 e. The number of aromatic hydroxyl groups is 2. The zero-order chi connectivity index (χ0) is 27.7. The minimum Gasteiger partial charge on any atom is -0.507 e. The van der Waals surface area contributed by atoms with E-state index in [0.29, 0.717) is 0 Å². The van der Waals surface area contributed by atoms with Gasteiger partial charge in [-0.3, -0.25) is 14.4 Å². The Kier molecular flexibility index (Phi) is 6.34. The van der Waals surface area contributed by atoms with E-state index in [2.05, 4.69) is 0 Å². The lowest BCUT2D eigenvalue weighted by atomic mass is 9.67. The largest absolute Gasteiger partial charge is 0.507 e. The summed E-state index contributed by atoms with van der Waals surface area (Å²) in [6.45, 7) is 2.92. The standard InChI is InChI=1S/C28H31NO9/c1-11-23(31)17(29)8-14(38-11)7-13-9-28(36,12(2)30)10-16-19(13)26(34)22-21(25(16)33)24(32)15-5-4-6-18(37-3)20(15)27(22)35/h4-6,11,13-14,17,23,31,33-34,36H,7-10,29H2,1-3H3/t11?,13-,14+,17+,23?,28+/m0/s1. The molecule has 5 rings (SSSR count). The number of rotatable bonds is 4. The zero-order valence-corrected chi connectivity index (χ0v) is 21.4. The minimum atomic E-state index is -1.87. The molecular weight excluding hydrogens is 494 g/mol. The van der Waals surface area contributed by atoms with E-state index in [1.54, 1.807) is 13.0 Å². The number of carbonyl (C=O) groups excluding carboxylic acids is 3. The van der Waals surface area contributed by atoms with Crippen molar-refractivity contribution in [2.45, 2.75) is 75.4 Å². The summed E-state index contributed by atoms with van der Waals surface area (Å²) < 4.78 is 11.2. The van der Waals surface area contributed by atoms with Crippen LogP contribution in [0.25, 0.3) is 0 Å². The maximum absolute atomic E-state index is 13.7. The average Bonchev–Trinajstić information content (AvgIpc) is 2.87. The number of phenols is 2. The van der Waals surface area contributed by atoms with Crippen LogP contribution in [-0.4, -0.2) is 74.8 Å². The summed E-state index contributed by atoms with van der Waals surface area (Å²) in [5.74, 6) is -3.50. The number of methoxy groups -OCH3 is 1. The number of carbonyl (C=O) groups is 3. The van der Waals surface area contributed by atoms with Crippen molar-refractivity contribution in [2.24, 2.45) is 5.73 Å². The number of phenolic OH excluding ortho intramolecular Hbond substituents is 2. The SMILES string of the molecule is COc1cccc2c1C(=O)c1c(O)c3c(c(O)c1C2=O)C[C@@](O)(C(C)=O)C[C@@H]3C[C@@H]1C[C@@H](N)C(O)C(C)O1. The quantitative estimate of drug-likeness (QED) is 0.314. The van der Waals surface area contributed by atoms with Crippen molar-refractivity contribution in [3.8, 4) is 17.2 Å². The first-order valence-electron chi connectivity index (χ1n) is 12.6. The van der Waals surface area contributed by atoms with Gasteiger partial charge >= 0.3 is 0 Å². The van der Waals surface area contributed by atoms with Gasteiger partial charge < -0.3 is 35.6 Å². The molecule has 6 N–H and O–H groups in total. The third kappa shape index (κ3) is 3.82. The van der Waals surface area contributed by atoms with E-state index in [-0.39, 0.29) is 64.8 Å². The highest BCUT2D eigenvalue weighted by Crippen LogP contribution is 2.53. The molecule has 1 heterocycles. The van der Waals surface area contributed by atoms with Gasteiger partial charge in [0, 0.05) is 29.2 Å². The summed E-state index contributed by atoms with van der Waals surface area (Å²) in [6.07, 6.45) is -1.89. The molecule has 0 radical (unpaired) electrons. The fraction of sp³-hybridized carbons (Fsp3) is 0.464. The minimum absolute atomic E-state index is 0.0147. The maximum atomic E-state index is 13.7. The van der Waals surface area contributed by atoms with Gasteiger partial charge in [-0.1, -0.05) is 12.1 Å². The normalized spacial score (nSPS) is 30.3. The molecule has 1 aliphatic heterocycles. The third-order valence-corrected chi connectivity index (χ3v) is 8.29. The number of aliphatic hydroxyl groups excluding tert-OH is 1. The van der Waals surface area contributed by atoms with E-state index in [9.17, 15) is 34.8 Å². The lowest BCUT2D eigenvalue weighted by Gasteiger charge is -2.42. The topological polar surface area (TPSA) is 177 Å². The smallest absolute Gasteiger partial charge is 0.202 e. The average molecular weight is 526 g/mol. The van der Waals surface area contributed by atoms with Crippen LogP contribution in [0.1, 0.15) is 82.0 Å². The third-order valence-electron chi connectivity index (χ3n) is 8.29. The molecule has 2 aliphatic carbocycles. The van der Waals surface area contributed by atoms with Crippen molar-refractivity contribution in [2.75, 3.05) is 7.11 Å². The van der Waals surface area contributed by atoms with E-state index in [4.69, 9.17) is 15.2 Å². The second-order valence-electron chi connectivity index (χ2n) is 10.6. The molecule has 10 heteroatoms. The lowest BCUT2D eigenvalue weighted by molar-refractivity contribution is -0.139. The highest BCUT2D eigenvalue weighted by molar-refractivity contribution is 6.31. The van der Waals surface area contributed by atoms with Gasteiger partial charge in [0.2, 0.25) is 5.78 Å². The molecule has 0 saturated carbocycles. The van der Waals surface area contributed by atoms with E-state index in [1.165, 1.54) is 26.2 Å². The highest BCUT2D eigenvalue weighted by Gasteiger charge is 2.48. The zero-order valence-electron chi connectivity index (χ0n) is 21.4. The summed E-state index contributed by atoms with van der Waals surface area (Å²) in [7, 11) is 1.36. The van der Waals surface area contributed by atoms with Gasteiger partial charge in [-0.2, -0.15) is 0 Å². The number of Topliss-reactive ketones (excluding diaryl/α,β-unsaturated/α-hetero) is 1. The van der Waals surface area contributed by atoms with Crippen LogP contribution in [-0.2, 0) is 16.0 Å². The Hall–Kier alpha value is -3.31. The second-order valence-corrected chi connectivity index (χ2v) is 10.6. The van der Waals surface area contributed by atoms with Crippen molar-refractivity contribution in [1.82, 2.24) is 0 Å². The van der Waals surface area contributed by atoms with Gasteiger partial charge in [-0.05, 0) is 45.1 Å². The molecule has 38 heavy (non-hydrogen) atoms. The molecule has 202 valence electrons. The predicted molar refractivity (Wildman–Crippen MR) is 134 cm³/mol. The molecule has 1 saturated heterocycles. The molecule has 2 aromatic rings. The van der Waals surface area contributed by atoms with E-state index < -0.39 is 64.7 Å². The van der Waals surface area contributed by atoms with Crippen LogP contribution < -0.4 is 10.5 Å². The summed E-state index contributed by atoms with van der Waals surface area (Å²) in [5, 5.41) is 44.4. The fourth-order valence-electron chi connectivity index (χ4n) is 6.28. The molecule has 3 aliphatic rings. The van der Waals surface area contributed by atoms with Gasteiger partial charge in [0.25, 0.3) is 0 Å². The second kappa shape index (κ2) is 9.16.